The summed E-state index contributed by atoms with van der Waals surface area (Å²) in [5, 5.41) is 3.12. The van der Waals surface area contributed by atoms with Crippen molar-refractivity contribution in [3.05, 3.63) is 58.6 Å². The highest BCUT2D eigenvalue weighted by atomic mass is 35.5. The molecule has 0 aliphatic carbocycles. The minimum Gasteiger partial charge on any atom is -0.451 e. The average Bonchev–Trinajstić information content (AvgIpc) is 2.47. The maximum atomic E-state index is 14.0. The van der Waals surface area contributed by atoms with Crippen molar-refractivity contribution in [1.82, 2.24) is 5.32 Å². The summed E-state index contributed by atoms with van der Waals surface area (Å²) in [5.41, 5.74) is 0.805. The minimum atomic E-state index is -0.702. The van der Waals surface area contributed by atoms with E-state index in [0.717, 1.165) is 18.5 Å². The molecule has 5 heteroatoms. The fraction of sp³-hybridized carbons (Fsp3) is 0.250. The van der Waals surface area contributed by atoms with Crippen LogP contribution in [0.3, 0.4) is 0 Å². The van der Waals surface area contributed by atoms with E-state index in [9.17, 15) is 8.78 Å². The predicted molar refractivity (Wildman–Crippen MR) is 79.9 cm³/mol. The van der Waals surface area contributed by atoms with E-state index in [0.29, 0.717) is 6.54 Å². The van der Waals surface area contributed by atoms with Crippen molar-refractivity contribution >= 4 is 11.6 Å². The number of nitrogens with one attached hydrogen (secondary N) is 1. The highest BCUT2D eigenvalue weighted by Gasteiger charge is 2.11. The third-order valence-corrected chi connectivity index (χ3v) is 3.18. The normalized spacial score (nSPS) is 10.7. The Balaban J connectivity index is 2.12. The number of ether oxygens (including phenoxy) is 1. The Morgan fingerprint density at radius 1 is 1.14 bits per heavy atom. The zero-order valence-electron chi connectivity index (χ0n) is 11.6. The third kappa shape index (κ3) is 4.16. The number of hydrogen-bond acceptors (Lipinski definition) is 2. The first-order chi connectivity index (χ1) is 10.1. The molecule has 0 saturated heterocycles. The smallest absolute Gasteiger partial charge is 0.184 e. The van der Waals surface area contributed by atoms with Gasteiger partial charge < -0.3 is 10.1 Å². The quantitative estimate of drug-likeness (QED) is 0.765. The summed E-state index contributed by atoms with van der Waals surface area (Å²) < 4.78 is 32.9. The highest BCUT2D eigenvalue weighted by molar-refractivity contribution is 6.30. The second kappa shape index (κ2) is 7.38. The van der Waals surface area contributed by atoms with E-state index in [1.807, 2.05) is 0 Å². The van der Waals surface area contributed by atoms with Crippen molar-refractivity contribution in [2.24, 2.45) is 0 Å². The number of benzene rings is 2. The van der Waals surface area contributed by atoms with Gasteiger partial charge in [0.05, 0.1) is 5.02 Å². The molecule has 0 bridgehead atoms. The first kappa shape index (κ1) is 15.7. The largest absolute Gasteiger partial charge is 0.451 e. The van der Waals surface area contributed by atoms with Crippen LogP contribution < -0.4 is 10.1 Å². The first-order valence-electron chi connectivity index (χ1n) is 6.73. The molecular formula is C16H16ClF2NO. The van der Waals surface area contributed by atoms with Crippen LogP contribution in [0.4, 0.5) is 8.78 Å². The second-order valence-corrected chi connectivity index (χ2v) is 5.00. The van der Waals surface area contributed by atoms with Crippen LogP contribution in [0.25, 0.3) is 0 Å². The van der Waals surface area contributed by atoms with Gasteiger partial charge in [-0.15, -0.1) is 0 Å². The van der Waals surface area contributed by atoms with Crippen LogP contribution in [-0.4, -0.2) is 6.54 Å². The molecule has 0 aromatic heterocycles. The summed E-state index contributed by atoms with van der Waals surface area (Å²) in [5.74, 6) is -1.37. The van der Waals surface area contributed by atoms with Gasteiger partial charge in [-0.05, 0) is 42.8 Å². The maximum absolute atomic E-state index is 14.0. The van der Waals surface area contributed by atoms with Crippen molar-refractivity contribution in [1.29, 1.82) is 0 Å². The van der Waals surface area contributed by atoms with E-state index in [2.05, 4.69) is 12.2 Å². The molecule has 2 rings (SSSR count). The van der Waals surface area contributed by atoms with Crippen LogP contribution in [0.2, 0.25) is 5.02 Å². The Morgan fingerprint density at radius 2 is 1.95 bits per heavy atom. The van der Waals surface area contributed by atoms with Crippen molar-refractivity contribution < 1.29 is 13.5 Å². The Bertz CT molecular complexity index is 619. The topological polar surface area (TPSA) is 21.3 Å². The molecule has 0 heterocycles. The van der Waals surface area contributed by atoms with E-state index >= 15 is 0 Å². The van der Waals surface area contributed by atoms with E-state index < -0.39 is 11.6 Å². The van der Waals surface area contributed by atoms with Gasteiger partial charge in [-0.2, -0.15) is 0 Å². The molecule has 0 fully saturated rings. The Kier molecular flexibility index (Phi) is 5.53. The number of rotatable bonds is 6. The summed E-state index contributed by atoms with van der Waals surface area (Å²) in [4.78, 5) is 0. The maximum Gasteiger partial charge on any atom is 0.184 e. The lowest BCUT2D eigenvalue weighted by Crippen LogP contribution is -2.13. The monoisotopic (exact) mass is 311 g/mol. The average molecular weight is 312 g/mol. The molecule has 2 aromatic carbocycles. The van der Waals surface area contributed by atoms with E-state index in [4.69, 9.17) is 16.3 Å². The molecule has 0 unspecified atom stereocenters. The van der Waals surface area contributed by atoms with Crippen molar-refractivity contribution in [3.8, 4) is 11.5 Å². The molecule has 0 saturated carbocycles. The molecule has 0 spiro atoms. The van der Waals surface area contributed by atoms with Crippen LogP contribution in [0.1, 0.15) is 18.9 Å². The number of halogens is 3. The predicted octanol–water partition coefficient (Wildman–Crippen LogP) is 4.91. The molecule has 0 aliphatic rings. The number of hydrogen-bond donors (Lipinski definition) is 1. The second-order valence-electron chi connectivity index (χ2n) is 4.60. The fourth-order valence-corrected chi connectivity index (χ4v) is 1.99. The summed E-state index contributed by atoms with van der Waals surface area (Å²) in [7, 11) is 0. The first-order valence-corrected chi connectivity index (χ1v) is 7.10. The van der Waals surface area contributed by atoms with Gasteiger partial charge in [0.2, 0.25) is 0 Å². The van der Waals surface area contributed by atoms with Crippen LogP contribution in [0.5, 0.6) is 11.5 Å². The van der Waals surface area contributed by atoms with Crippen LogP contribution in [-0.2, 0) is 6.54 Å². The summed E-state index contributed by atoms with van der Waals surface area (Å²) in [6.45, 7) is 3.51. The summed E-state index contributed by atoms with van der Waals surface area (Å²) >= 11 is 5.66. The van der Waals surface area contributed by atoms with Gasteiger partial charge in [-0.1, -0.05) is 30.7 Å². The van der Waals surface area contributed by atoms with E-state index in [1.54, 1.807) is 12.1 Å². The van der Waals surface area contributed by atoms with Crippen molar-refractivity contribution in [2.45, 2.75) is 19.9 Å². The van der Waals surface area contributed by atoms with Crippen LogP contribution >= 0.6 is 11.6 Å². The standard InChI is InChI=1S/C16H16ClF2NO/c1-2-8-20-10-11-6-7-14(13(18)9-11)21-15-5-3-4-12(17)16(15)19/h3-7,9,20H,2,8,10H2,1H3. The van der Waals surface area contributed by atoms with Crippen LogP contribution in [0, 0.1) is 11.6 Å². The zero-order valence-corrected chi connectivity index (χ0v) is 12.4. The lowest BCUT2D eigenvalue weighted by molar-refractivity contribution is 0.414. The van der Waals surface area contributed by atoms with Gasteiger partial charge in [-0.25, -0.2) is 8.78 Å². The molecule has 0 atom stereocenters. The fourth-order valence-electron chi connectivity index (χ4n) is 1.83. The molecule has 21 heavy (non-hydrogen) atoms. The summed E-state index contributed by atoms with van der Waals surface area (Å²) in [6.07, 6.45) is 1.01. The molecule has 0 amide bonds. The Hall–Kier alpha value is -1.65. The highest BCUT2D eigenvalue weighted by Crippen LogP contribution is 2.30. The molecular weight excluding hydrogens is 296 g/mol. The molecule has 2 nitrogen and oxygen atoms in total. The minimum absolute atomic E-state index is 0.0320. The van der Waals surface area contributed by atoms with Gasteiger partial charge in [0.15, 0.2) is 23.1 Å². The Labute approximate surface area is 127 Å². The zero-order chi connectivity index (χ0) is 15.2. The van der Waals surface area contributed by atoms with Gasteiger partial charge in [0.1, 0.15) is 0 Å². The lowest BCUT2D eigenvalue weighted by atomic mass is 10.2. The van der Waals surface area contributed by atoms with Gasteiger partial charge >= 0.3 is 0 Å². The van der Waals surface area contributed by atoms with E-state index in [-0.39, 0.29) is 16.5 Å². The summed E-state index contributed by atoms with van der Waals surface area (Å²) in [6, 6.07) is 8.95. The van der Waals surface area contributed by atoms with Crippen molar-refractivity contribution in [2.75, 3.05) is 6.54 Å². The van der Waals surface area contributed by atoms with Gasteiger partial charge in [0.25, 0.3) is 0 Å². The molecule has 112 valence electrons. The van der Waals surface area contributed by atoms with Gasteiger partial charge in [0, 0.05) is 6.54 Å². The molecule has 2 aromatic rings. The SMILES string of the molecule is CCCNCc1ccc(Oc2cccc(Cl)c2F)c(F)c1. The van der Waals surface area contributed by atoms with Crippen LogP contribution in [0.15, 0.2) is 36.4 Å². The van der Waals surface area contributed by atoms with Crippen molar-refractivity contribution in [3.63, 3.8) is 0 Å². The third-order valence-electron chi connectivity index (χ3n) is 2.89. The van der Waals surface area contributed by atoms with Gasteiger partial charge in [-0.3, -0.25) is 0 Å². The molecule has 1 N–H and O–H groups in total. The lowest BCUT2D eigenvalue weighted by Gasteiger charge is -2.10. The van der Waals surface area contributed by atoms with E-state index in [1.165, 1.54) is 24.3 Å². The Morgan fingerprint density at radius 3 is 2.67 bits per heavy atom. The molecule has 0 aliphatic heterocycles. The molecule has 0 radical (unpaired) electrons.